The maximum absolute atomic E-state index is 11.7. The van der Waals surface area contributed by atoms with Crippen molar-refractivity contribution in [2.75, 3.05) is 17.3 Å². The summed E-state index contributed by atoms with van der Waals surface area (Å²) < 4.78 is 27.3. The zero-order valence-corrected chi connectivity index (χ0v) is 12.3. The summed E-state index contributed by atoms with van der Waals surface area (Å²) in [5.74, 6) is 0.712. The maximum Gasteiger partial charge on any atom is 0.182 e. The third-order valence-corrected chi connectivity index (χ3v) is 5.59. The van der Waals surface area contributed by atoms with Gasteiger partial charge >= 0.3 is 0 Å². The molecule has 0 bridgehead atoms. The van der Waals surface area contributed by atoms with Gasteiger partial charge in [-0.1, -0.05) is 12.8 Å². The Morgan fingerprint density at radius 1 is 1.44 bits per heavy atom. The average molecular weight is 289 g/mol. The monoisotopic (exact) mass is 289 g/mol. The van der Waals surface area contributed by atoms with Gasteiger partial charge in [0.1, 0.15) is 9.90 Å². The zero-order chi connectivity index (χ0) is 13.3. The summed E-state index contributed by atoms with van der Waals surface area (Å²) in [5, 5.41) is 3.85. The highest BCUT2D eigenvalue weighted by Gasteiger charge is 2.26. The van der Waals surface area contributed by atoms with Crippen LogP contribution in [0, 0.1) is 5.92 Å². The van der Waals surface area contributed by atoms with E-state index < -0.39 is 9.84 Å². The first-order chi connectivity index (χ1) is 8.39. The number of anilines is 2. The number of hydrogen-bond acceptors (Lipinski definition) is 6. The van der Waals surface area contributed by atoms with E-state index in [1.807, 2.05) is 0 Å². The number of aromatic nitrogens is 1. The molecule has 7 heteroatoms. The van der Waals surface area contributed by atoms with Crippen LogP contribution in [0.5, 0.6) is 0 Å². The third kappa shape index (κ3) is 2.77. The first kappa shape index (κ1) is 13.6. The zero-order valence-electron chi connectivity index (χ0n) is 10.6. The van der Waals surface area contributed by atoms with Crippen molar-refractivity contribution < 1.29 is 8.42 Å². The molecule has 1 aliphatic rings. The SMILES string of the molecule is CC(Nc1snc(N)c1S(C)(=O)=O)C1CCCC1. The van der Waals surface area contributed by atoms with Crippen molar-refractivity contribution in [3.8, 4) is 0 Å². The molecule has 1 aromatic heterocycles. The predicted octanol–water partition coefficient (Wildman–Crippen LogP) is 2.12. The number of nitrogens with one attached hydrogen (secondary N) is 1. The highest BCUT2D eigenvalue weighted by molar-refractivity contribution is 7.91. The van der Waals surface area contributed by atoms with E-state index in [0.717, 1.165) is 11.5 Å². The summed E-state index contributed by atoms with van der Waals surface area (Å²) in [6.07, 6.45) is 6.10. The Balaban J connectivity index is 2.19. The minimum absolute atomic E-state index is 0.101. The van der Waals surface area contributed by atoms with Gasteiger partial charge in [0, 0.05) is 12.3 Å². The van der Waals surface area contributed by atoms with Crippen LogP contribution in [0.2, 0.25) is 0 Å². The van der Waals surface area contributed by atoms with Gasteiger partial charge in [-0.2, -0.15) is 4.37 Å². The number of nitrogen functional groups attached to an aromatic ring is 1. The largest absolute Gasteiger partial charge is 0.382 e. The van der Waals surface area contributed by atoms with Crippen LogP contribution in [-0.2, 0) is 9.84 Å². The second-order valence-electron chi connectivity index (χ2n) is 4.98. The summed E-state index contributed by atoms with van der Waals surface area (Å²) >= 11 is 1.12. The molecule has 1 atom stereocenters. The van der Waals surface area contributed by atoms with Crippen molar-refractivity contribution in [3.05, 3.63) is 0 Å². The van der Waals surface area contributed by atoms with Crippen LogP contribution in [0.3, 0.4) is 0 Å². The highest BCUT2D eigenvalue weighted by Crippen LogP contribution is 2.35. The van der Waals surface area contributed by atoms with Crippen LogP contribution in [0.25, 0.3) is 0 Å². The summed E-state index contributed by atoms with van der Waals surface area (Å²) in [7, 11) is -3.33. The van der Waals surface area contributed by atoms with Crippen molar-refractivity contribution in [2.24, 2.45) is 5.92 Å². The van der Waals surface area contributed by atoms with Gasteiger partial charge in [0.05, 0.1) is 0 Å². The molecule has 1 unspecified atom stereocenters. The molecule has 1 aliphatic carbocycles. The molecular weight excluding hydrogens is 270 g/mol. The highest BCUT2D eigenvalue weighted by atomic mass is 32.2. The van der Waals surface area contributed by atoms with Crippen LogP contribution in [0.1, 0.15) is 32.6 Å². The molecule has 5 nitrogen and oxygen atoms in total. The molecule has 1 aromatic rings. The quantitative estimate of drug-likeness (QED) is 0.887. The number of nitrogens with two attached hydrogens (primary N) is 1. The van der Waals surface area contributed by atoms with E-state index in [4.69, 9.17) is 5.73 Å². The number of sulfone groups is 1. The molecule has 0 radical (unpaired) electrons. The van der Waals surface area contributed by atoms with Gasteiger partial charge in [-0.25, -0.2) is 8.42 Å². The van der Waals surface area contributed by atoms with Gasteiger partial charge < -0.3 is 11.1 Å². The second-order valence-corrected chi connectivity index (χ2v) is 7.70. The predicted molar refractivity (Wildman–Crippen MR) is 74.7 cm³/mol. The maximum atomic E-state index is 11.7. The van der Waals surface area contributed by atoms with E-state index in [1.54, 1.807) is 0 Å². The van der Waals surface area contributed by atoms with E-state index in [1.165, 1.54) is 31.9 Å². The molecule has 1 saturated carbocycles. The fourth-order valence-corrected chi connectivity index (χ4v) is 4.68. The molecular formula is C11H19N3O2S2. The van der Waals surface area contributed by atoms with Crippen molar-refractivity contribution in [1.29, 1.82) is 0 Å². The molecule has 0 aliphatic heterocycles. The van der Waals surface area contributed by atoms with E-state index in [-0.39, 0.29) is 16.8 Å². The van der Waals surface area contributed by atoms with Crippen LogP contribution < -0.4 is 11.1 Å². The number of hydrogen-bond donors (Lipinski definition) is 2. The molecule has 3 N–H and O–H groups in total. The molecule has 2 rings (SSSR count). The normalized spacial score (nSPS) is 19.0. The molecule has 0 aromatic carbocycles. The summed E-state index contributed by atoms with van der Waals surface area (Å²) in [4.78, 5) is 0.150. The fraction of sp³-hybridized carbons (Fsp3) is 0.727. The van der Waals surface area contributed by atoms with Gasteiger partial charge in [-0.15, -0.1) is 0 Å². The molecule has 18 heavy (non-hydrogen) atoms. The minimum Gasteiger partial charge on any atom is -0.382 e. The Bertz CT molecular complexity index is 518. The van der Waals surface area contributed by atoms with Gasteiger partial charge in [0.2, 0.25) is 0 Å². The van der Waals surface area contributed by atoms with Crippen molar-refractivity contribution >= 4 is 32.2 Å². The van der Waals surface area contributed by atoms with Crippen LogP contribution >= 0.6 is 11.5 Å². The van der Waals surface area contributed by atoms with Gasteiger partial charge in [0.15, 0.2) is 15.7 Å². The molecule has 102 valence electrons. The Kier molecular flexibility index (Phi) is 3.82. The van der Waals surface area contributed by atoms with Gasteiger partial charge in [-0.05, 0) is 37.2 Å². The first-order valence-electron chi connectivity index (χ1n) is 6.11. The lowest BCUT2D eigenvalue weighted by Gasteiger charge is -2.20. The topological polar surface area (TPSA) is 85.1 Å². The second kappa shape index (κ2) is 5.05. The number of rotatable bonds is 4. The lowest BCUT2D eigenvalue weighted by molar-refractivity contribution is 0.482. The first-order valence-corrected chi connectivity index (χ1v) is 8.78. The average Bonchev–Trinajstić information content (AvgIpc) is 2.86. The summed E-state index contributed by atoms with van der Waals surface area (Å²) in [6, 6.07) is 0.257. The molecule has 1 fully saturated rings. The van der Waals surface area contributed by atoms with Crippen LogP contribution in [0.15, 0.2) is 4.90 Å². The van der Waals surface area contributed by atoms with Crippen LogP contribution in [0.4, 0.5) is 10.8 Å². The third-order valence-electron chi connectivity index (χ3n) is 3.51. The molecule has 0 saturated heterocycles. The van der Waals surface area contributed by atoms with Crippen molar-refractivity contribution in [1.82, 2.24) is 4.37 Å². The summed E-state index contributed by atoms with van der Waals surface area (Å²) in [5.41, 5.74) is 5.64. The van der Waals surface area contributed by atoms with Gasteiger partial charge in [0.25, 0.3) is 0 Å². The Labute approximate surface area is 112 Å². The summed E-state index contributed by atoms with van der Waals surface area (Å²) in [6.45, 7) is 2.10. The van der Waals surface area contributed by atoms with Gasteiger partial charge in [-0.3, -0.25) is 0 Å². The van der Waals surface area contributed by atoms with Crippen molar-refractivity contribution in [2.45, 2.75) is 43.5 Å². The van der Waals surface area contributed by atoms with E-state index in [9.17, 15) is 8.42 Å². The Morgan fingerprint density at radius 2 is 2.06 bits per heavy atom. The van der Waals surface area contributed by atoms with E-state index in [0.29, 0.717) is 10.9 Å². The van der Waals surface area contributed by atoms with E-state index >= 15 is 0 Å². The Morgan fingerprint density at radius 3 is 2.61 bits per heavy atom. The smallest absolute Gasteiger partial charge is 0.182 e. The molecule has 0 spiro atoms. The van der Waals surface area contributed by atoms with Crippen LogP contribution in [-0.4, -0.2) is 25.1 Å². The van der Waals surface area contributed by atoms with Crippen molar-refractivity contribution in [3.63, 3.8) is 0 Å². The van der Waals surface area contributed by atoms with E-state index in [2.05, 4.69) is 16.6 Å². The number of nitrogens with zero attached hydrogens (tertiary/aromatic N) is 1. The molecule has 1 heterocycles. The lowest BCUT2D eigenvalue weighted by atomic mass is 10.0. The lowest BCUT2D eigenvalue weighted by Crippen LogP contribution is -2.24. The standard InChI is InChI=1S/C11H19N3O2S2/c1-7(8-5-3-4-6-8)13-11-9(18(2,15)16)10(12)14-17-11/h7-8,13H,3-6H2,1-2H3,(H2,12,14). The Hall–Kier alpha value is -0.820. The molecule has 0 amide bonds. The fourth-order valence-electron chi connectivity index (χ4n) is 2.53. The minimum atomic E-state index is -3.33.